The highest BCUT2D eigenvalue weighted by Crippen LogP contribution is 2.30. The largest absolute Gasteiger partial charge is 0.468 e. The fourth-order valence-electron chi connectivity index (χ4n) is 2.18. The van der Waals surface area contributed by atoms with Crippen molar-refractivity contribution < 1.29 is 9.53 Å². The van der Waals surface area contributed by atoms with Gasteiger partial charge in [0.1, 0.15) is 6.04 Å². The Morgan fingerprint density at radius 2 is 2.11 bits per heavy atom. The number of nitrogens with zero attached hydrogens (tertiary/aromatic N) is 1. The molecule has 1 saturated carbocycles. The molecule has 0 aromatic rings. The van der Waals surface area contributed by atoms with E-state index in [1.54, 1.807) is 0 Å². The molecule has 18 heavy (non-hydrogen) atoms. The lowest BCUT2D eigenvalue weighted by atomic mass is 10.1. The molecule has 0 aromatic heterocycles. The van der Waals surface area contributed by atoms with Crippen LogP contribution in [0.3, 0.4) is 0 Å². The first-order valence-corrected chi connectivity index (χ1v) is 7.13. The minimum atomic E-state index is -0.166. The predicted molar refractivity (Wildman–Crippen MR) is 73.5 cm³/mol. The molecule has 0 radical (unpaired) electrons. The maximum absolute atomic E-state index is 11.6. The zero-order chi connectivity index (χ0) is 13.5. The van der Waals surface area contributed by atoms with E-state index < -0.39 is 0 Å². The van der Waals surface area contributed by atoms with Crippen LogP contribution in [-0.4, -0.2) is 49.7 Å². The summed E-state index contributed by atoms with van der Waals surface area (Å²) >= 11 is 0. The van der Waals surface area contributed by atoms with Gasteiger partial charge in [-0.2, -0.15) is 0 Å². The van der Waals surface area contributed by atoms with Crippen LogP contribution in [0.2, 0.25) is 0 Å². The molecule has 0 spiro atoms. The Balaban J connectivity index is 2.38. The molecule has 1 atom stereocenters. The molecule has 0 aliphatic heterocycles. The molecular formula is C14H28N2O2. The van der Waals surface area contributed by atoms with E-state index >= 15 is 0 Å². The second-order valence-corrected chi connectivity index (χ2v) is 5.45. The number of carbonyl (C=O) groups excluding carboxylic acids is 1. The van der Waals surface area contributed by atoms with Crippen LogP contribution in [-0.2, 0) is 9.53 Å². The number of hydrogen-bond acceptors (Lipinski definition) is 4. The number of methoxy groups -OCH3 is 1. The number of esters is 1. The van der Waals surface area contributed by atoms with Gasteiger partial charge >= 0.3 is 5.97 Å². The van der Waals surface area contributed by atoms with Gasteiger partial charge in [0.05, 0.1) is 7.11 Å². The van der Waals surface area contributed by atoms with Crippen molar-refractivity contribution in [1.82, 2.24) is 10.2 Å². The predicted octanol–water partition coefficient (Wildman–Crippen LogP) is 1.65. The SMILES string of the molecule is CCNC(CCN(CC1CC1)C(C)C)C(=O)OC. The van der Waals surface area contributed by atoms with E-state index in [4.69, 9.17) is 4.74 Å². The smallest absolute Gasteiger partial charge is 0.322 e. The van der Waals surface area contributed by atoms with Crippen molar-refractivity contribution in [1.29, 1.82) is 0 Å². The number of rotatable bonds is 9. The molecule has 0 bridgehead atoms. The number of likely N-dealkylation sites (N-methyl/N-ethyl adjacent to an activating group) is 1. The number of carbonyl (C=O) groups is 1. The maximum Gasteiger partial charge on any atom is 0.322 e. The Morgan fingerprint density at radius 1 is 1.44 bits per heavy atom. The molecule has 0 saturated heterocycles. The van der Waals surface area contributed by atoms with E-state index in [2.05, 4.69) is 24.1 Å². The van der Waals surface area contributed by atoms with Crippen LogP contribution in [0.5, 0.6) is 0 Å². The van der Waals surface area contributed by atoms with E-state index in [0.29, 0.717) is 6.04 Å². The molecule has 4 nitrogen and oxygen atoms in total. The lowest BCUT2D eigenvalue weighted by Gasteiger charge is -2.28. The Hall–Kier alpha value is -0.610. The molecule has 0 heterocycles. The minimum Gasteiger partial charge on any atom is -0.468 e. The first kappa shape index (κ1) is 15.4. The highest BCUT2D eigenvalue weighted by Gasteiger charge is 2.26. The van der Waals surface area contributed by atoms with Gasteiger partial charge in [-0.1, -0.05) is 6.92 Å². The zero-order valence-electron chi connectivity index (χ0n) is 12.2. The van der Waals surface area contributed by atoms with Crippen LogP contribution in [0, 0.1) is 5.92 Å². The van der Waals surface area contributed by atoms with Crippen LogP contribution >= 0.6 is 0 Å². The lowest BCUT2D eigenvalue weighted by molar-refractivity contribution is -0.143. The number of ether oxygens (including phenoxy) is 1. The first-order valence-electron chi connectivity index (χ1n) is 7.13. The molecule has 0 amide bonds. The standard InChI is InChI=1S/C14H28N2O2/c1-5-15-13(14(17)18-4)8-9-16(11(2)3)10-12-6-7-12/h11-13,15H,5-10H2,1-4H3. The van der Waals surface area contributed by atoms with Gasteiger partial charge in [0.15, 0.2) is 0 Å². The fraction of sp³-hybridized carbons (Fsp3) is 0.929. The minimum absolute atomic E-state index is 0.146. The van der Waals surface area contributed by atoms with Crippen molar-refractivity contribution in [2.24, 2.45) is 5.92 Å². The molecule has 1 rings (SSSR count). The van der Waals surface area contributed by atoms with Crippen LogP contribution in [0.1, 0.15) is 40.0 Å². The van der Waals surface area contributed by atoms with Gasteiger partial charge in [-0.15, -0.1) is 0 Å². The monoisotopic (exact) mass is 256 g/mol. The third-order valence-electron chi connectivity index (χ3n) is 3.56. The second-order valence-electron chi connectivity index (χ2n) is 5.45. The summed E-state index contributed by atoms with van der Waals surface area (Å²) in [6, 6.07) is 0.381. The summed E-state index contributed by atoms with van der Waals surface area (Å²) in [5.74, 6) is 0.745. The van der Waals surface area contributed by atoms with Crippen molar-refractivity contribution in [2.45, 2.75) is 52.1 Å². The van der Waals surface area contributed by atoms with Crippen molar-refractivity contribution >= 4 is 5.97 Å². The van der Waals surface area contributed by atoms with E-state index in [-0.39, 0.29) is 12.0 Å². The topological polar surface area (TPSA) is 41.6 Å². The van der Waals surface area contributed by atoms with E-state index in [1.807, 2.05) is 6.92 Å². The summed E-state index contributed by atoms with van der Waals surface area (Å²) in [5, 5.41) is 3.20. The summed E-state index contributed by atoms with van der Waals surface area (Å²) in [7, 11) is 1.46. The molecule has 0 aromatic carbocycles. The van der Waals surface area contributed by atoms with Crippen molar-refractivity contribution in [2.75, 3.05) is 26.7 Å². The van der Waals surface area contributed by atoms with Gasteiger partial charge in [0, 0.05) is 19.1 Å². The molecule has 1 aliphatic rings. The maximum atomic E-state index is 11.6. The normalized spacial score (nSPS) is 17.2. The van der Waals surface area contributed by atoms with Crippen molar-refractivity contribution in [3.05, 3.63) is 0 Å². The van der Waals surface area contributed by atoms with Crippen LogP contribution in [0.15, 0.2) is 0 Å². The zero-order valence-corrected chi connectivity index (χ0v) is 12.2. The highest BCUT2D eigenvalue weighted by molar-refractivity contribution is 5.75. The summed E-state index contributed by atoms with van der Waals surface area (Å²) in [5.41, 5.74) is 0. The van der Waals surface area contributed by atoms with Gasteiger partial charge in [-0.05, 0) is 45.6 Å². The van der Waals surface area contributed by atoms with E-state index in [0.717, 1.165) is 25.4 Å². The van der Waals surface area contributed by atoms with Crippen molar-refractivity contribution in [3.63, 3.8) is 0 Å². The molecule has 4 heteroatoms. The fourth-order valence-corrected chi connectivity index (χ4v) is 2.18. The Bertz CT molecular complexity index is 252. The molecule has 1 N–H and O–H groups in total. The third-order valence-corrected chi connectivity index (χ3v) is 3.56. The van der Waals surface area contributed by atoms with Gasteiger partial charge < -0.3 is 15.0 Å². The van der Waals surface area contributed by atoms with Gasteiger partial charge in [0.25, 0.3) is 0 Å². The Morgan fingerprint density at radius 3 is 2.56 bits per heavy atom. The third kappa shape index (κ3) is 5.36. The molecule has 1 unspecified atom stereocenters. The Kier molecular flexibility index (Phi) is 6.65. The highest BCUT2D eigenvalue weighted by atomic mass is 16.5. The van der Waals surface area contributed by atoms with E-state index in [1.165, 1.54) is 26.5 Å². The van der Waals surface area contributed by atoms with Crippen LogP contribution in [0.4, 0.5) is 0 Å². The number of hydrogen-bond donors (Lipinski definition) is 1. The average Bonchev–Trinajstić information content (AvgIpc) is 3.15. The van der Waals surface area contributed by atoms with Crippen LogP contribution < -0.4 is 5.32 Å². The van der Waals surface area contributed by atoms with Crippen LogP contribution in [0.25, 0.3) is 0 Å². The van der Waals surface area contributed by atoms with Gasteiger partial charge in [-0.3, -0.25) is 4.79 Å². The summed E-state index contributed by atoms with van der Waals surface area (Å²) in [6.45, 7) is 9.40. The average molecular weight is 256 g/mol. The van der Waals surface area contributed by atoms with Crippen molar-refractivity contribution in [3.8, 4) is 0 Å². The summed E-state index contributed by atoms with van der Waals surface area (Å²) in [4.78, 5) is 14.1. The Labute approximate surface area is 111 Å². The lowest BCUT2D eigenvalue weighted by Crippen LogP contribution is -2.42. The van der Waals surface area contributed by atoms with Gasteiger partial charge in [0.2, 0.25) is 0 Å². The van der Waals surface area contributed by atoms with Gasteiger partial charge in [-0.25, -0.2) is 0 Å². The summed E-state index contributed by atoms with van der Waals surface area (Å²) < 4.78 is 4.83. The molecule has 1 fully saturated rings. The molecular weight excluding hydrogens is 228 g/mol. The summed E-state index contributed by atoms with van der Waals surface area (Å²) in [6.07, 6.45) is 3.57. The van der Waals surface area contributed by atoms with E-state index in [9.17, 15) is 4.79 Å². The molecule has 106 valence electrons. The quantitative estimate of drug-likeness (QED) is 0.637. The molecule has 1 aliphatic carbocycles. The first-order chi connectivity index (χ1) is 8.58. The number of nitrogens with one attached hydrogen (secondary N) is 1. The second kappa shape index (κ2) is 7.74.